The molecule has 7 heteroatoms. The van der Waals surface area contributed by atoms with Crippen LogP contribution < -0.4 is 5.32 Å². The average molecular weight is 335 g/mol. The molecule has 0 spiro atoms. The highest BCUT2D eigenvalue weighted by Crippen LogP contribution is 2.40. The molecule has 0 unspecified atom stereocenters. The number of carbonyl (C=O) groups excluding carboxylic acids is 2. The summed E-state index contributed by atoms with van der Waals surface area (Å²) in [5.41, 5.74) is 0.0605. The SMILES string of the molecule is COC(=O)[C@@H]1NC(=O)O[C@@H]1C1(c2ccccc2)COC(C)(C)OC1. The molecule has 7 nitrogen and oxygen atoms in total. The number of ether oxygens (including phenoxy) is 4. The minimum absolute atomic E-state index is 0.247. The molecular weight excluding hydrogens is 314 g/mol. The predicted octanol–water partition coefficient (Wildman–Crippen LogP) is 1.36. The molecule has 2 atom stereocenters. The first-order valence-corrected chi connectivity index (χ1v) is 7.76. The number of esters is 1. The normalized spacial score (nSPS) is 27.9. The molecule has 0 aliphatic carbocycles. The van der Waals surface area contributed by atoms with Crippen molar-refractivity contribution in [3.05, 3.63) is 35.9 Å². The third kappa shape index (κ3) is 2.85. The number of nitrogens with one attached hydrogen (secondary N) is 1. The predicted molar refractivity (Wildman–Crippen MR) is 83.3 cm³/mol. The monoisotopic (exact) mass is 335 g/mol. The Hall–Kier alpha value is -2.12. The van der Waals surface area contributed by atoms with Crippen molar-refractivity contribution < 1.29 is 28.5 Å². The summed E-state index contributed by atoms with van der Waals surface area (Å²) in [6.45, 7) is 4.13. The summed E-state index contributed by atoms with van der Waals surface area (Å²) in [5.74, 6) is -1.30. The van der Waals surface area contributed by atoms with Crippen molar-refractivity contribution in [2.75, 3.05) is 20.3 Å². The number of methoxy groups -OCH3 is 1. The molecule has 24 heavy (non-hydrogen) atoms. The summed E-state index contributed by atoms with van der Waals surface area (Å²) in [7, 11) is 1.27. The zero-order valence-electron chi connectivity index (χ0n) is 13.9. The highest BCUT2D eigenvalue weighted by Gasteiger charge is 2.57. The van der Waals surface area contributed by atoms with Crippen LogP contribution in [0.1, 0.15) is 19.4 Å². The molecule has 2 aliphatic heterocycles. The van der Waals surface area contributed by atoms with E-state index in [9.17, 15) is 9.59 Å². The lowest BCUT2D eigenvalue weighted by molar-refractivity contribution is -0.279. The Bertz CT molecular complexity index is 619. The molecule has 0 bridgehead atoms. The molecule has 1 amide bonds. The van der Waals surface area contributed by atoms with E-state index < -0.39 is 35.4 Å². The number of carbonyl (C=O) groups is 2. The van der Waals surface area contributed by atoms with Gasteiger partial charge in [-0.2, -0.15) is 0 Å². The van der Waals surface area contributed by atoms with Crippen LogP contribution in [-0.4, -0.2) is 50.3 Å². The fraction of sp³-hybridized carbons (Fsp3) is 0.529. The summed E-state index contributed by atoms with van der Waals surface area (Å²) in [6, 6.07) is 8.55. The molecule has 130 valence electrons. The number of alkyl carbamates (subject to hydrolysis) is 1. The van der Waals surface area contributed by atoms with Gasteiger partial charge >= 0.3 is 12.1 Å². The molecule has 0 saturated carbocycles. The van der Waals surface area contributed by atoms with E-state index in [0.29, 0.717) is 0 Å². The minimum Gasteiger partial charge on any atom is -0.467 e. The van der Waals surface area contributed by atoms with Gasteiger partial charge in [-0.05, 0) is 19.4 Å². The molecule has 1 aromatic carbocycles. The first-order valence-electron chi connectivity index (χ1n) is 7.76. The second kappa shape index (κ2) is 6.07. The Labute approximate surface area is 140 Å². The van der Waals surface area contributed by atoms with Gasteiger partial charge in [0.2, 0.25) is 0 Å². The zero-order chi connectivity index (χ0) is 17.4. The second-order valence-electron chi connectivity index (χ2n) is 6.47. The Kier molecular flexibility index (Phi) is 4.23. The number of benzene rings is 1. The first kappa shape index (κ1) is 16.7. The highest BCUT2D eigenvalue weighted by molar-refractivity contribution is 5.85. The van der Waals surface area contributed by atoms with E-state index in [2.05, 4.69) is 5.32 Å². The summed E-state index contributed by atoms with van der Waals surface area (Å²) in [5, 5.41) is 2.52. The van der Waals surface area contributed by atoms with Crippen molar-refractivity contribution in [3.63, 3.8) is 0 Å². The van der Waals surface area contributed by atoms with Gasteiger partial charge in [-0.1, -0.05) is 30.3 Å². The largest absolute Gasteiger partial charge is 0.467 e. The van der Waals surface area contributed by atoms with Crippen molar-refractivity contribution in [1.82, 2.24) is 5.32 Å². The van der Waals surface area contributed by atoms with Crippen molar-refractivity contribution in [2.24, 2.45) is 0 Å². The van der Waals surface area contributed by atoms with E-state index in [1.54, 1.807) is 0 Å². The van der Waals surface area contributed by atoms with Gasteiger partial charge in [0.15, 0.2) is 11.8 Å². The van der Waals surface area contributed by atoms with Crippen LogP contribution in [0.4, 0.5) is 4.79 Å². The van der Waals surface area contributed by atoms with Crippen molar-refractivity contribution in [3.8, 4) is 0 Å². The maximum Gasteiger partial charge on any atom is 0.408 e. The van der Waals surface area contributed by atoms with Gasteiger partial charge in [0.1, 0.15) is 6.10 Å². The summed E-state index contributed by atoms with van der Waals surface area (Å²) in [4.78, 5) is 23.9. The standard InChI is InChI=1S/C17H21NO6/c1-16(2)22-9-17(10-23-16,11-7-5-4-6-8-11)13-12(14(19)21-3)18-15(20)24-13/h4-8,12-13H,9-10H2,1-3H3,(H,18,20)/t12-,13+/m1/s1. The molecule has 3 rings (SSSR count). The van der Waals surface area contributed by atoms with Crippen LogP contribution in [-0.2, 0) is 29.2 Å². The van der Waals surface area contributed by atoms with Gasteiger partial charge in [0, 0.05) is 0 Å². The van der Waals surface area contributed by atoms with Gasteiger partial charge in [-0.25, -0.2) is 9.59 Å². The van der Waals surface area contributed by atoms with Crippen LogP contribution in [0.25, 0.3) is 0 Å². The smallest absolute Gasteiger partial charge is 0.408 e. The number of cyclic esters (lactones) is 1. The number of hydrogen-bond donors (Lipinski definition) is 1. The van der Waals surface area contributed by atoms with Crippen LogP contribution in [0.2, 0.25) is 0 Å². The molecule has 0 radical (unpaired) electrons. The molecule has 1 aromatic rings. The average Bonchev–Trinajstić information content (AvgIpc) is 2.98. The maximum atomic E-state index is 12.1. The van der Waals surface area contributed by atoms with Crippen LogP contribution >= 0.6 is 0 Å². The topological polar surface area (TPSA) is 83.1 Å². The van der Waals surface area contributed by atoms with Crippen LogP contribution in [0.5, 0.6) is 0 Å². The lowest BCUT2D eigenvalue weighted by Gasteiger charge is -2.46. The van der Waals surface area contributed by atoms with Gasteiger partial charge in [-0.15, -0.1) is 0 Å². The lowest BCUT2D eigenvalue weighted by atomic mass is 9.73. The molecule has 2 heterocycles. The zero-order valence-corrected chi connectivity index (χ0v) is 13.9. The number of rotatable bonds is 3. The van der Waals surface area contributed by atoms with E-state index in [-0.39, 0.29) is 13.2 Å². The summed E-state index contributed by atoms with van der Waals surface area (Å²) >= 11 is 0. The Morgan fingerprint density at radius 3 is 2.42 bits per heavy atom. The van der Waals surface area contributed by atoms with E-state index in [0.717, 1.165) is 5.56 Å². The quantitative estimate of drug-likeness (QED) is 0.840. The summed E-state index contributed by atoms with van der Waals surface area (Å²) < 4.78 is 22.0. The fourth-order valence-corrected chi connectivity index (χ4v) is 3.12. The summed E-state index contributed by atoms with van der Waals surface area (Å²) in [6.07, 6.45) is -1.45. The maximum absolute atomic E-state index is 12.1. The molecule has 2 aliphatic rings. The minimum atomic E-state index is -0.920. The highest BCUT2D eigenvalue weighted by atomic mass is 16.7. The van der Waals surface area contributed by atoms with E-state index in [1.165, 1.54) is 7.11 Å². The van der Waals surface area contributed by atoms with Crippen LogP contribution in [0.3, 0.4) is 0 Å². The Balaban J connectivity index is 2.02. The van der Waals surface area contributed by atoms with E-state index >= 15 is 0 Å². The molecule has 0 aromatic heterocycles. The van der Waals surface area contributed by atoms with E-state index in [1.807, 2.05) is 44.2 Å². The van der Waals surface area contributed by atoms with Crippen molar-refractivity contribution in [1.29, 1.82) is 0 Å². The third-order valence-electron chi connectivity index (χ3n) is 4.51. The van der Waals surface area contributed by atoms with E-state index in [4.69, 9.17) is 18.9 Å². The second-order valence-corrected chi connectivity index (χ2v) is 6.47. The van der Waals surface area contributed by atoms with Crippen LogP contribution in [0, 0.1) is 0 Å². The van der Waals surface area contributed by atoms with Gasteiger partial charge < -0.3 is 24.3 Å². The lowest BCUT2D eigenvalue weighted by Crippen LogP contribution is -2.60. The molecule has 2 fully saturated rings. The fourth-order valence-electron chi connectivity index (χ4n) is 3.12. The van der Waals surface area contributed by atoms with Crippen molar-refractivity contribution >= 4 is 12.1 Å². The first-order chi connectivity index (χ1) is 11.4. The molecule has 1 N–H and O–H groups in total. The molecular formula is C17H21NO6. The van der Waals surface area contributed by atoms with Gasteiger partial charge in [0.25, 0.3) is 0 Å². The number of hydrogen-bond acceptors (Lipinski definition) is 6. The van der Waals surface area contributed by atoms with Gasteiger partial charge in [0.05, 0.1) is 25.7 Å². The number of amides is 1. The van der Waals surface area contributed by atoms with Crippen molar-refractivity contribution in [2.45, 2.75) is 37.2 Å². The van der Waals surface area contributed by atoms with Crippen LogP contribution in [0.15, 0.2) is 30.3 Å². The Morgan fingerprint density at radius 1 is 1.21 bits per heavy atom. The van der Waals surface area contributed by atoms with Gasteiger partial charge in [-0.3, -0.25) is 0 Å². The third-order valence-corrected chi connectivity index (χ3v) is 4.51. The Morgan fingerprint density at radius 2 is 1.83 bits per heavy atom. The molecule has 2 saturated heterocycles.